The van der Waals surface area contributed by atoms with Gasteiger partial charge in [-0.3, -0.25) is 19.2 Å². The summed E-state index contributed by atoms with van der Waals surface area (Å²) in [6.45, 7) is 8.95. The van der Waals surface area contributed by atoms with E-state index in [1.165, 1.54) is 7.11 Å². The fraction of sp³-hybridized carbons (Fsp3) is 0.279. The number of hydrogen-bond donors (Lipinski definition) is 1. The van der Waals surface area contributed by atoms with Crippen molar-refractivity contribution in [3.63, 3.8) is 0 Å². The van der Waals surface area contributed by atoms with E-state index in [0.29, 0.717) is 23.9 Å². The Labute approximate surface area is 318 Å². The zero-order chi connectivity index (χ0) is 38.8. The Bertz CT molecular complexity index is 1840. The van der Waals surface area contributed by atoms with Crippen molar-refractivity contribution < 1.29 is 28.7 Å². The van der Waals surface area contributed by atoms with Crippen molar-refractivity contribution in [2.45, 2.75) is 39.7 Å². The molecule has 3 amide bonds. The predicted molar refractivity (Wildman–Crippen MR) is 212 cm³/mol. The maximum Gasteiger partial charge on any atom is 0.281 e. The van der Waals surface area contributed by atoms with Gasteiger partial charge >= 0.3 is 0 Å². The molecular formula is C43H50ClN3O6. The minimum atomic E-state index is -0.472. The van der Waals surface area contributed by atoms with Gasteiger partial charge in [-0.15, -0.1) is 0 Å². The maximum absolute atomic E-state index is 12.4. The topological polar surface area (TPSA) is 97.4 Å². The quantitative estimate of drug-likeness (QED) is 0.130. The first-order valence-corrected chi connectivity index (χ1v) is 17.8. The van der Waals surface area contributed by atoms with Gasteiger partial charge in [0, 0.05) is 37.6 Å². The normalized spacial score (nSPS) is 10.9. The van der Waals surface area contributed by atoms with Gasteiger partial charge in [0.25, 0.3) is 11.8 Å². The van der Waals surface area contributed by atoms with Gasteiger partial charge in [-0.2, -0.15) is 0 Å². The lowest BCUT2D eigenvalue weighted by molar-refractivity contribution is -0.137. The molecule has 0 fully saturated rings. The van der Waals surface area contributed by atoms with E-state index in [4.69, 9.17) is 21.1 Å². The zero-order valence-corrected chi connectivity index (χ0v) is 32.3. The lowest BCUT2D eigenvalue weighted by Crippen LogP contribution is -2.40. The van der Waals surface area contributed by atoms with Gasteiger partial charge in [-0.1, -0.05) is 109 Å². The number of likely N-dealkylation sites (N-methyl/N-ethyl adjacent to an activating group) is 2. The fourth-order valence-electron chi connectivity index (χ4n) is 5.42. The molecule has 9 nitrogen and oxygen atoms in total. The molecule has 0 bridgehead atoms. The summed E-state index contributed by atoms with van der Waals surface area (Å²) in [7, 11) is 4.95. The minimum Gasteiger partial charge on any atom is -0.483 e. The molecule has 53 heavy (non-hydrogen) atoms. The predicted octanol–water partition coefficient (Wildman–Crippen LogP) is 8.09. The number of benzene rings is 5. The van der Waals surface area contributed by atoms with Crippen LogP contribution in [0.2, 0.25) is 5.02 Å². The Kier molecular flexibility index (Phi) is 17.3. The molecule has 280 valence electrons. The molecule has 0 aliphatic heterocycles. The van der Waals surface area contributed by atoms with Crippen LogP contribution in [0, 0.1) is 6.92 Å². The van der Waals surface area contributed by atoms with Crippen LogP contribution in [0.3, 0.4) is 0 Å². The van der Waals surface area contributed by atoms with Crippen molar-refractivity contribution in [3.05, 3.63) is 143 Å². The van der Waals surface area contributed by atoms with Crippen LogP contribution in [0.1, 0.15) is 43.4 Å². The van der Waals surface area contributed by atoms with Gasteiger partial charge in [0.15, 0.2) is 12.7 Å². The summed E-state index contributed by atoms with van der Waals surface area (Å²) in [5.41, 5.74) is 5.10. The molecule has 0 spiro atoms. The van der Waals surface area contributed by atoms with Gasteiger partial charge in [-0.25, -0.2) is 5.48 Å². The Morgan fingerprint density at radius 1 is 0.736 bits per heavy atom. The van der Waals surface area contributed by atoms with Crippen LogP contribution in [-0.4, -0.2) is 74.5 Å². The molecule has 0 radical (unpaired) electrons. The van der Waals surface area contributed by atoms with Gasteiger partial charge in [0.05, 0.1) is 13.0 Å². The SMILES string of the molecule is CCN(CC)C(=O)C(C)Oc1cccc2ccccc12.CN(C)C(=O)C(c1ccccc1)c1ccccc1.CONC(=O)COc1ccc(Cl)cc1C. The number of halogens is 1. The van der Waals surface area contributed by atoms with Gasteiger partial charge in [0.2, 0.25) is 5.91 Å². The van der Waals surface area contributed by atoms with Crippen molar-refractivity contribution in [2.75, 3.05) is 40.9 Å². The summed E-state index contributed by atoms with van der Waals surface area (Å²) in [4.78, 5) is 43.5. The van der Waals surface area contributed by atoms with Crippen LogP contribution in [0.4, 0.5) is 0 Å². The third kappa shape index (κ3) is 13.0. The van der Waals surface area contributed by atoms with Crippen LogP contribution < -0.4 is 15.0 Å². The van der Waals surface area contributed by atoms with Gasteiger partial charge < -0.3 is 19.3 Å². The summed E-state index contributed by atoms with van der Waals surface area (Å²) in [5, 5.41) is 2.79. The highest BCUT2D eigenvalue weighted by molar-refractivity contribution is 6.30. The van der Waals surface area contributed by atoms with E-state index >= 15 is 0 Å². The molecule has 5 rings (SSSR count). The summed E-state index contributed by atoms with van der Waals surface area (Å²) in [6.07, 6.45) is -0.472. The molecular weight excluding hydrogens is 690 g/mol. The van der Waals surface area contributed by atoms with E-state index in [1.54, 1.807) is 42.1 Å². The number of hydrogen-bond acceptors (Lipinski definition) is 6. The second-order valence-electron chi connectivity index (χ2n) is 12.2. The first kappa shape index (κ1) is 42.0. The van der Waals surface area contributed by atoms with Crippen LogP contribution >= 0.6 is 11.6 Å². The number of nitrogens with zero attached hydrogens (tertiary/aromatic N) is 2. The summed E-state index contributed by atoms with van der Waals surface area (Å²) >= 11 is 5.77. The van der Waals surface area contributed by atoms with Gasteiger partial charge in [0.1, 0.15) is 11.5 Å². The number of carbonyl (C=O) groups excluding carboxylic acids is 3. The Hall–Kier alpha value is -5.38. The van der Waals surface area contributed by atoms with E-state index in [1.807, 2.05) is 131 Å². The fourth-order valence-corrected chi connectivity index (χ4v) is 5.65. The summed E-state index contributed by atoms with van der Waals surface area (Å²) in [5.74, 6) is 0.964. The highest BCUT2D eigenvalue weighted by Crippen LogP contribution is 2.27. The third-order valence-corrected chi connectivity index (χ3v) is 8.38. The Morgan fingerprint density at radius 3 is 1.85 bits per heavy atom. The minimum absolute atomic E-state index is 0.0305. The smallest absolute Gasteiger partial charge is 0.281 e. The van der Waals surface area contributed by atoms with Crippen molar-refractivity contribution in [1.29, 1.82) is 0 Å². The maximum atomic E-state index is 12.4. The molecule has 0 aliphatic rings. The number of aryl methyl sites for hydroxylation is 1. The molecule has 0 saturated carbocycles. The molecule has 1 atom stereocenters. The Morgan fingerprint density at radius 2 is 1.30 bits per heavy atom. The molecule has 5 aromatic rings. The average Bonchev–Trinajstić information content (AvgIpc) is 3.16. The molecule has 0 aromatic heterocycles. The number of amides is 3. The largest absolute Gasteiger partial charge is 0.483 e. The second-order valence-corrected chi connectivity index (χ2v) is 12.6. The van der Waals surface area contributed by atoms with E-state index < -0.39 is 6.10 Å². The first-order chi connectivity index (χ1) is 25.5. The van der Waals surface area contributed by atoms with Crippen molar-refractivity contribution in [2.24, 2.45) is 0 Å². The molecule has 0 heterocycles. The zero-order valence-electron chi connectivity index (χ0n) is 31.5. The van der Waals surface area contributed by atoms with E-state index in [-0.39, 0.29) is 30.2 Å². The standard InChI is InChI=1S/C17H21NO2.C16H17NO.C10H12ClNO3/c1-4-18(5-2)17(19)13(3)20-16-12-8-10-14-9-6-7-11-15(14)16;1-17(2)16(18)15(13-9-5-3-6-10-13)14-11-7-4-8-12-14;1-7-5-8(11)3-4-9(7)15-6-10(13)12-14-2/h6-13H,4-5H2,1-3H3;3-12,15H,1-2H3;3-5H,6H2,1-2H3,(H,12,13). The molecule has 0 saturated heterocycles. The molecule has 1 N–H and O–H groups in total. The Balaban J connectivity index is 0.000000216. The van der Waals surface area contributed by atoms with E-state index in [0.717, 1.165) is 33.2 Å². The molecule has 1 unspecified atom stereocenters. The number of ether oxygens (including phenoxy) is 2. The number of fused-ring (bicyclic) bond motifs is 1. The van der Waals surface area contributed by atoms with Crippen molar-refractivity contribution >= 4 is 40.1 Å². The van der Waals surface area contributed by atoms with Crippen LogP contribution in [0.25, 0.3) is 10.8 Å². The highest BCUT2D eigenvalue weighted by Gasteiger charge is 2.24. The van der Waals surface area contributed by atoms with Crippen molar-refractivity contribution in [3.8, 4) is 11.5 Å². The molecule has 5 aromatic carbocycles. The lowest BCUT2D eigenvalue weighted by Gasteiger charge is -2.23. The molecule has 0 aliphatic carbocycles. The number of hydroxylamine groups is 1. The van der Waals surface area contributed by atoms with Crippen molar-refractivity contribution in [1.82, 2.24) is 15.3 Å². The number of rotatable bonds is 12. The molecule has 10 heteroatoms. The summed E-state index contributed by atoms with van der Waals surface area (Å²) in [6, 6.07) is 38.9. The van der Waals surface area contributed by atoms with E-state index in [2.05, 4.69) is 10.3 Å². The first-order valence-electron chi connectivity index (χ1n) is 17.5. The highest BCUT2D eigenvalue weighted by atomic mass is 35.5. The van der Waals surface area contributed by atoms with Gasteiger partial charge in [-0.05, 0) is 74.0 Å². The van der Waals surface area contributed by atoms with E-state index in [9.17, 15) is 14.4 Å². The average molecular weight is 740 g/mol. The second kappa shape index (κ2) is 21.9. The third-order valence-electron chi connectivity index (χ3n) is 8.14. The monoisotopic (exact) mass is 739 g/mol. The van der Waals surface area contributed by atoms with Crippen LogP contribution in [-0.2, 0) is 19.2 Å². The summed E-state index contributed by atoms with van der Waals surface area (Å²) < 4.78 is 11.1. The lowest BCUT2D eigenvalue weighted by atomic mass is 9.90. The number of nitrogens with one attached hydrogen (secondary N) is 1. The van der Waals surface area contributed by atoms with Crippen LogP contribution in [0.15, 0.2) is 121 Å². The number of carbonyl (C=O) groups is 3. The van der Waals surface area contributed by atoms with Crippen LogP contribution in [0.5, 0.6) is 11.5 Å².